The van der Waals surface area contributed by atoms with Gasteiger partial charge in [-0.15, -0.1) is 0 Å². The van der Waals surface area contributed by atoms with Crippen LogP contribution in [-0.4, -0.2) is 46.1 Å². The Labute approximate surface area is 204 Å². The van der Waals surface area contributed by atoms with Crippen LogP contribution in [0, 0.1) is 5.92 Å². The van der Waals surface area contributed by atoms with Crippen LogP contribution in [0.1, 0.15) is 31.7 Å². The molecule has 7 nitrogen and oxygen atoms in total. The number of nitrogens with one attached hydrogen (secondary N) is 1. The highest BCUT2D eigenvalue weighted by Gasteiger charge is 2.17. The Morgan fingerprint density at radius 2 is 1.71 bits per heavy atom. The van der Waals surface area contributed by atoms with Gasteiger partial charge in [-0.25, -0.2) is 0 Å². The van der Waals surface area contributed by atoms with Gasteiger partial charge < -0.3 is 10.2 Å². The molecule has 8 heteroatoms. The number of fused-ring (bicyclic) bond motifs is 1. The summed E-state index contributed by atoms with van der Waals surface area (Å²) in [6, 6.07) is 14.3. The normalized spacial score (nSPS) is 16.6. The van der Waals surface area contributed by atoms with Crippen molar-refractivity contribution in [1.29, 1.82) is 0 Å². The third-order valence-electron chi connectivity index (χ3n) is 6.41. The SMILES string of the molecule is CC1CCCN(CCCNC(=O)Cn2c(=O)c(=O)n(Cc3ccc(Cl)cc3)c3ccccc32)C1. The average molecular weight is 483 g/mol. The number of halogens is 1. The molecule has 4 rings (SSSR count). The first-order valence-corrected chi connectivity index (χ1v) is 12.3. The lowest BCUT2D eigenvalue weighted by Gasteiger charge is -2.30. The molecule has 2 heterocycles. The van der Waals surface area contributed by atoms with Gasteiger partial charge in [-0.3, -0.25) is 23.5 Å². The maximum atomic E-state index is 13.0. The van der Waals surface area contributed by atoms with Crippen molar-refractivity contribution in [2.75, 3.05) is 26.2 Å². The average Bonchev–Trinajstić information content (AvgIpc) is 2.83. The number of carbonyl (C=O) groups is 1. The Balaban J connectivity index is 1.46. The lowest BCUT2D eigenvalue weighted by atomic mass is 10.0. The molecule has 1 amide bonds. The van der Waals surface area contributed by atoms with Crippen LogP contribution in [0.5, 0.6) is 0 Å². The molecule has 1 aliphatic rings. The van der Waals surface area contributed by atoms with Crippen molar-refractivity contribution >= 4 is 28.5 Å². The van der Waals surface area contributed by atoms with E-state index in [2.05, 4.69) is 17.1 Å². The van der Waals surface area contributed by atoms with Crippen molar-refractivity contribution in [2.24, 2.45) is 5.92 Å². The summed E-state index contributed by atoms with van der Waals surface area (Å²) in [6.45, 7) is 6.07. The Morgan fingerprint density at radius 1 is 1.03 bits per heavy atom. The Morgan fingerprint density at radius 3 is 2.41 bits per heavy atom. The number of aromatic nitrogens is 2. The molecular weight excluding hydrogens is 452 g/mol. The number of benzene rings is 2. The fraction of sp³-hybridized carbons (Fsp3) is 0.423. The minimum Gasteiger partial charge on any atom is -0.355 e. The minimum absolute atomic E-state index is 0.183. The van der Waals surface area contributed by atoms with Crippen LogP contribution >= 0.6 is 11.6 Å². The highest BCUT2D eigenvalue weighted by atomic mass is 35.5. The van der Waals surface area contributed by atoms with E-state index in [1.807, 2.05) is 18.2 Å². The van der Waals surface area contributed by atoms with E-state index in [-0.39, 0.29) is 19.0 Å². The first kappa shape index (κ1) is 24.2. The highest BCUT2D eigenvalue weighted by Crippen LogP contribution is 2.16. The van der Waals surface area contributed by atoms with Gasteiger partial charge in [-0.05, 0) is 68.1 Å². The third-order valence-corrected chi connectivity index (χ3v) is 6.66. The number of amides is 1. The molecule has 1 unspecified atom stereocenters. The molecule has 0 aliphatic carbocycles. The second-order valence-electron chi connectivity index (χ2n) is 9.15. The predicted octanol–water partition coefficient (Wildman–Crippen LogP) is 3.10. The Kier molecular flexibility index (Phi) is 7.85. The summed E-state index contributed by atoms with van der Waals surface area (Å²) in [5.41, 5.74) is 0.660. The zero-order valence-electron chi connectivity index (χ0n) is 19.5. The minimum atomic E-state index is -0.704. The van der Waals surface area contributed by atoms with Crippen molar-refractivity contribution < 1.29 is 4.79 Å². The first-order valence-electron chi connectivity index (χ1n) is 11.9. The molecule has 180 valence electrons. The number of hydrogen-bond acceptors (Lipinski definition) is 4. The zero-order valence-corrected chi connectivity index (χ0v) is 20.3. The lowest BCUT2D eigenvalue weighted by molar-refractivity contribution is -0.121. The van der Waals surface area contributed by atoms with Gasteiger partial charge in [0.05, 0.1) is 17.6 Å². The summed E-state index contributed by atoms with van der Waals surface area (Å²) >= 11 is 5.96. The van der Waals surface area contributed by atoms with E-state index in [9.17, 15) is 14.4 Å². The van der Waals surface area contributed by atoms with Crippen LogP contribution in [0.3, 0.4) is 0 Å². The van der Waals surface area contributed by atoms with Gasteiger partial charge in [0, 0.05) is 18.1 Å². The van der Waals surface area contributed by atoms with Crippen LogP contribution < -0.4 is 16.4 Å². The van der Waals surface area contributed by atoms with E-state index < -0.39 is 11.1 Å². The van der Waals surface area contributed by atoms with Crippen LogP contribution in [0.4, 0.5) is 0 Å². The molecule has 0 spiro atoms. The van der Waals surface area contributed by atoms with Crippen molar-refractivity contribution in [3.05, 3.63) is 79.8 Å². The summed E-state index contributed by atoms with van der Waals surface area (Å²) < 4.78 is 2.73. The molecule has 1 saturated heterocycles. The van der Waals surface area contributed by atoms with Gasteiger partial charge in [0.15, 0.2) is 0 Å². The molecule has 1 aromatic heterocycles. The fourth-order valence-corrected chi connectivity index (χ4v) is 4.80. The summed E-state index contributed by atoms with van der Waals surface area (Å²) in [6.07, 6.45) is 3.37. The second kappa shape index (κ2) is 11.0. The first-order chi connectivity index (χ1) is 16.4. The topological polar surface area (TPSA) is 76.3 Å². The summed E-state index contributed by atoms with van der Waals surface area (Å²) in [5.74, 6) is 0.458. The maximum absolute atomic E-state index is 13.0. The van der Waals surface area contributed by atoms with Gasteiger partial charge in [-0.2, -0.15) is 0 Å². The van der Waals surface area contributed by atoms with E-state index in [1.165, 1.54) is 22.0 Å². The van der Waals surface area contributed by atoms with Gasteiger partial charge >= 0.3 is 11.1 Å². The Hall–Kier alpha value is -2.90. The van der Waals surface area contributed by atoms with E-state index in [0.29, 0.717) is 22.6 Å². The number of likely N-dealkylation sites (tertiary alicyclic amines) is 1. The largest absolute Gasteiger partial charge is 0.355 e. The number of para-hydroxylation sites is 2. The maximum Gasteiger partial charge on any atom is 0.317 e. The van der Waals surface area contributed by atoms with Gasteiger partial charge in [0.25, 0.3) is 0 Å². The summed E-state index contributed by atoms with van der Waals surface area (Å²) in [4.78, 5) is 41.0. The van der Waals surface area contributed by atoms with Crippen LogP contribution in [-0.2, 0) is 17.9 Å². The van der Waals surface area contributed by atoms with Gasteiger partial charge in [0.1, 0.15) is 6.54 Å². The van der Waals surface area contributed by atoms with E-state index in [0.717, 1.165) is 37.5 Å². The van der Waals surface area contributed by atoms with Crippen molar-refractivity contribution in [1.82, 2.24) is 19.4 Å². The number of nitrogens with zero attached hydrogens (tertiary/aromatic N) is 3. The van der Waals surface area contributed by atoms with E-state index in [4.69, 9.17) is 11.6 Å². The fourth-order valence-electron chi connectivity index (χ4n) is 4.68. The second-order valence-corrected chi connectivity index (χ2v) is 9.59. The number of rotatable bonds is 8. The van der Waals surface area contributed by atoms with Crippen LogP contribution in [0.15, 0.2) is 58.1 Å². The standard InChI is InChI=1S/C26H31ClN4O3/c1-19-6-4-14-29(16-19)15-5-13-28-24(32)18-31-23-8-3-2-7-22(23)30(25(33)26(31)34)17-20-9-11-21(27)12-10-20/h2-3,7-12,19H,4-6,13-18H2,1H3,(H,28,32). The molecule has 3 aromatic rings. The number of carbonyl (C=O) groups excluding carboxylic acids is 1. The smallest absolute Gasteiger partial charge is 0.317 e. The van der Waals surface area contributed by atoms with Crippen molar-refractivity contribution in [3.8, 4) is 0 Å². The van der Waals surface area contributed by atoms with Crippen molar-refractivity contribution in [3.63, 3.8) is 0 Å². The van der Waals surface area contributed by atoms with E-state index in [1.54, 1.807) is 30.3 Å². The molecule has 0 radical (unpaired) electrons. The van der Waals surface area contributed by atoms with Crippen molar-refractivity contribution in [2.45, 2.75) is 39.3 Å². The van der Waals surface area contributed by atoms with Crippen LogP contribution in [0.25, 0.3) is 11.0 Å². The zero-order chi connectivity index (χ0) is 24.1. The molecule has 0 bridgehead atoms. The lowest BCUT2D eigenvalue weighted by Crippen LogP contribution is -2.44. The molecule has 0 saturated carbocycles. The third kappa shape index (κ3) is 5.77. The van der Waals surface area contributed by atoms with Crippen LogP contribution in [0.2, 0.25) is 5.02 Å². The number of piperidine rings is 1. The molecule has 34 heavy (non-hydrogen) atoms. The highest BCUT2D eigenvalue weighted by molar-refractivity contribution is 6.30. The monoisotopic (exact) mass is 482 g/mol. The van der Waals surface area contributed by atoms with E-state index >= 15 is 0 Å². The molecule has 2 aromatic carbocycles. The molecule has 1 N–H and O–H groups in total. The molecule has 1 atom stereocenters. The van der Waals surface area contributed by atoms with Gasteiger partial charge in [0.2, 0.25) is 5.91 Å². The summed E-state index contributed by atoms with van der Waals surface area (Å²) in [7, 11) is 0. The Bertz CT molecular complexity index is 1270. The molecule has 1 fully saturated rings. The number of hydrogen-bond donors (Lipinski definition) is 1. The van der Waals surface area contributed by atoms with Gasteiger partial charge in [-0.1, -0.05) is 42.8 Å². The predicted molar refractivity (Wildman–Crippen MR) is 135 cm³/mol. The molecular formula is C26H31ClN4O3. The molecule has 1 aliphatic heterocycles. The quantitative estimate of drug-likeness (QED) is 0.395. The summed E-state index contributed by atoms with van der Waals surface area (Å²) in [5, 5.41) is 3.51.